The Morgan fingerprint density at radius 3 is 1.86 bits per heavy atom. The fourth-order valence-electron chi connectivity index (χ4n) is 7.07. The summed E-state index contributed by atoms with van der Waals surface area (Å²) in [6.45, 7) is 2.17. The van der Waals surface area contributed by atoms with E-state index >= 15 is 0 Å². The lowest BCUT2D eigenvalue weighted by molar-refractivity contribution is 0.474. The molecule has 3 nitrogen and oxygen atoms in total. The van der Waals surface area contributed by atoms with Gasteiger partial charge < -0.3 is 4.74 Å². The predicted molar refractivity (Wildman–Crippen MR) is 182 cm³/mol. The Bertz CT molecular complexity index is 2390. The molecule has 0 aliphatic carbocycles. The van der Waals surface area contributed by atoms with Gasteiger partial charge in [-0.3, -0.25) is 4.57 Å². The Labute approximate surface area is 255 Å². The zero-order valence-corrected chi connectivity index (χ0v) is 24.3. The molecule has 3 heteroatoms. The zero-order valence-electron chi connectivity index (χ0n) is 24.3. The molecule has 8 aromatic rings. The van der Waals surface area contributed by atoms with Crippen molar-refractivity contribution in [1.82, 2.24) is 9.55 Å². The molecule has 0 saturated carbocycles. The Hall–Kier alpha value is -5.67. The van der Waals surface area contributed by atoms with Gasteiger partial charge >= 0.3 is 0 Å². The first-order valence-corrected chi connectivity index (χ1v) is 15.2. The van der Waals surface area contributed by atoms with E-state index in [4.69, 9.17) is 9.72 Å². The Morgan fingerprint density at radius 2 is 1.16 bits per heavy atom. The first kappa shape index (κ1) is 24.9. The normalized spacial score (nSPS) is 12.0. The van der Waals surface area contributed by atoms with Crippen molar-refractivity contribution >= 4 is 32.6 Å². The van der Waals surface area contributed by atoms with Gasteiger partial charge in [0.1, 0.15) is 11.3 Å². The van der Waals surface area contributed by atoms with Crippen LogP contribution in [0.4, 0.5) is 0 Å². The van der Waals surface area contributed by atoms with Crippen molar-refractivity contribution in [2.75, 3.05) is 0 Å². The van der Waals surface area contributed by atoms with Crippen molar-refractivity contribution in [3.8, 4) is 50.6 Å². The van der Waals surface area contributed by atoms with Gasteiger partial charge in [-0.1, -0.05) is 122 Å². The van der Waals surface area contributed by atoms with Crippen LogP contribution < -0.4 is 4.74 Å². The van der Waals surface area contributed by atoms with E-state index in [1.807, 2.05) is 12.1 Å². The van der Waals surface area contributed by atoms with Crippen LogP contribution in [0.25, 0.3) is 71.6 Å². The minimum atomic E-state index is 0.824. The molecule has 1 aromatic heterocycles. The lowest BCUT2D eigenvalue weighted by Crippen LogP contribution is -2.08. The first-order valence-electron chi connectivity index (χ1n) is 15.2. The van der Waals surface area contributed by atoms with E-state index in [0.29, 0.717) is 0 Å². The minimum absolute atomic E-state index is 0.824. The standard InChI is InChI=1S/C41H28N2O/c1-2-37-42-34-20-12-22-36-41(34)43(37)40-29(19-11-21-35(40)44-36)28-23-24-32-33(25-28)39(27-15-7-4-8-16-27)31-18-10-9-17-30(31)38(32)26-13-5-3-6-14-26/h3-25H,2H2,1H3. The number of aryl methyl sites for hydroxylation is 1. The predicted octanol–water partition coefficient (Wildman–Crippen LogP) is 11.0. The van der Waals surface area contributed by atoms with Crippen LogP contribution in [0.5, 0.6) is 11.5 Å². The molecular formula is C41H28N2O. The second-order valence-electron chi connectivity index (χ2n) is 11.4. The van der Waals surface area contributed by atoms with Crippen LogP contribution in [-0.2, 0) is 6.42 Å². The van der Waals surface area contributed by atoms with Crippen LogP contribution in [0.15, 0.2) is 140 Å². The van der Waals surface area contributed by atoms with Gasteiger partial charge in [-0.15, -0.1) is 0 Å². The third kappa shape index (κ3) is 3.59. The lowest BCUT2D eigenvalue weighted by Gasteiger charge is -2.24. The number of para-hydroxylation sites is 2. The molecule has 2 heterocycles. The van der Waals surface area contributed by atoms with Gasteiger partial charge in [-0.25, -0.2) is 4.98 Å². The number of fused-ring (bicyclic) bond motifs is 4. The molecule has 7 aromatic carbocycles. The van der Waals surface area contributed by atoms with Crippen LogP contribution in [0, 0.1) is 0 Å². The summed E-state index contributed by atoms with van der Waals surface area (Å²) in [4.78, 5) is 5.00. The average Bonchev–Trinajstić information content (AvgIpc) is 3.47. The summed E-state index contributed by atoms with van der Waals surface area (Å²) >= 11 is 0. The van der Waals surface area contributed by atoms with Gasteiger partial charge in [0.15, 0.2) is 11.5 Å². The summed E-state index contributed by atoms with van der Waals surface area (Å²) in [6, 6.07) is 49.9. The largest absolute Gasteiger partial charge is 0.453 e. The maximum absolute atomic E-state index is 6.52. The summed E-state index contributed by atoms with van der Waals surface area (Å²) in [6.07, 6.45) is 0.824. The maximum Gasteiger partial charge on any atom is 0.153 e. The van der Waals surface area contributed by atoms with Gasteiger partial charge in [0, 0.05) is 12.0 Å². The number of rotatable bonds is 4. The van der Waals surface area contributed by atoms with E-state index in [-0.39, 0.29) is 0 Å². The second kappa shape index (κ2) is 9.68. The molecule has 0 spiro atoms. The summed E-state index contributed by atoms with van der Waals surface area (Å²) < 4.78 is 8.84. The quantitative estimate of drug-likeness (QED) is 0.199. The number of aromatic nitrogens is 2. The van der Waals surface area contributed by atoms with Crippen LogP contribution in [-0.4, -0.2) is 9.55 Å². The van der Waals surface area contributed by atoms with Gasteiger partial charge in [-0.05, 0) is 73.6 Å². The Morgan fingerprint density at radius 1 is 0.545 bits per heavy atom. The highest BCUT2D eigenvalue weighted by Gasteiger charge is 2.27. The molecule has 9 rings (SSSR count). The van der Waals surface area contributed by atoms with E-state index in [1.165, 1.54) is 43.8 Å². The van der Waals surface area contributed by atoms with Crippen LogP contribution in [0.1, 0.15) is 12.7 Å². The number of imidazole rings is 1. The number of nitrogens with zero attached hydrogens (tertiary/aromatic N) is 2. The molecular weight excluding hydrogens is 536 g/mol. The maximum atomic E-state index is 6.52. The van der Waals surface area contributed by atoms with E-state index in [1.54, 1.807) is 0 Å². The molecule has 0 amide bonds. The van der Waals surface area contributed by atoms with Gasteiger partial charge in [0.25, 0.3) is 0 Å². The number of benzene rings is 7. The van der Waals surface area contributed by atoms with Crippen LogP contribution in [0.3, 0.4) is 0 Å². The highest BCUT2D eigenvalue weighted by molar-refractivity contribution is 6.22. The molecule has 0 saturated heterocycles. The van der Waals surface area contributed by atoms with Crippen molar-refractivity contribution < 1.29 is 4.74 Å². The molecule has 0 radical (unpaired) electrons. The van der Waals surface area contributed by atoms with Crippen molar-refractivity contribution in [2.24, 2.45) is 0 Å². The van der Waals surface area contributed by atoms with Gasteiger partial charge in [-0.2, -0.15) is 0 Å². The number of hydrogen-bond donors (Lipinski definition) is 0. The highest BCUT2D eigenvalue weighted by Crippen LogP contribution is 2.48. The Balaban J connectivity index is 1.39. The molecule has 44 heavy (non-hydrogen) atoms. The van der Waals surface area contributed by atoms with Gasteiger partial charge in [0.05, 0.1) is 11.2 Å². The smallest absolute Gasteiger partial charge is 0.153 e. The molecule has 0 N–H and O–H groups in total. The van der Waals surface area contributed by atoms with Crippen molar-refractivity contribution in [1.29, 1.82) is 0 Å². The second-order valence-corrected chi connectivity index (χ2v) is 11.4. The Kier molecular flexibility index (Phi) is 5.48. The van der Waals surface area contributed by atoms with Crippen LogP contribution in [0.2, 0.25) is 0 Å². The van der Waals surface area contributed by atoms with Crippen molar-refractivity contribution in [3.63, 3.8) is 0 Å². The van der Waals surface area contributed by atoms with Crippen molar-refractivity contribution in [3.05, 3.63) is 145 Å². The SMILES string of the molecule is CCc1nc2cccc3c2n1-c1c(cccc1-c1ccc2c(-c4ccccc4)c4ccccc4c(-c4ccccc4)c2c1)O3. The fraction of sp³-hybridized carbons (Fsp3) is 0.0488. The van der Waals surface area contributed by atoms with E-state index in [9.17, 15) is 0 Å². The van der Waals surface area contributed by atoms with E-state index in [2.05, 4.69) is 139 Å². The van der Waals surface area contributed by atoms with E-state index < -0.39 is 0 Å². The zero-order chi connectivity index (χ0) is 29.2. The molecule has 0 unspecified atom stereocenters. The lowest BCUT2D eigenvalue weighted by atomic mass is 9.84. The molecule has 1 aliphatic heterocycles. The highest BCUT2D eigenvalue weighted by atomic mass is 16.5. The fourth-order valence-corrected chi connectivity index (χ4v) is 7.07. The summed E-state index contributed by atoms with van der Waals surface area (Å²) in [5.74, 6) is 2.73. The number of hydrogen-bond acceptors (Lipinski definition) is 2. The monoisotopic (exact) mass is 564 g/mol. The minimum Gasteiger partial charge on any atom is -0.453 e. The number of ether oxygens (including phenoxy) is 1. The van der Waals surface area contributed by atoms with Crippen LogP contribution >= 0.6 is 0 Å². The van der Waals surface area contributed by atoms with E-state index in [0.717, 1.165) is 51.6 Å². The summed E-state index contributed by atoms with van der Waals surface area (Å²) in [7, 11) is 0. The molecule has 0 bridgehead atoms. The topological polar surface area (TPSA) is 27.1 Å². The molecule has 1 aliphatic rings. The molecule has 208 valence electrons. The molecule has 0 atom stereocenters. The average molecular weight is 565 g/mol. The summed E-state index contributed by atoms with van der Waals surface area (Å²) in [5, 5.41) is 4.98. The molecule has 0 fully saturated rings. The summed E-state index contributed by atoms with van der Waals surface area (Å²) in [5.41, 5.74) is 10.3. The van der Waals surface area contributed by atoms with Crippen molar-refractivity contribution in [2.45, 2.75) is 13.3 Å². The third-order valence-corrected chi connectivity index (χ3v) is 8.93. The van der Waals surface area contributed by atoms with Gasteiger partial charge in [0.2, 0.25) is 0 Å². The first-order chi connectivity index (χ1) is 21.8. The third-order valence-electron chi connectivity index (χ3n) is 8.93.